The van der Waals surface area contributed by atoms with Crippen LogP contribution in [0, 0.1) is 0 Å². The lowest BCUT2D eigenvalue weighted by Crippen LogP contribution is -2.41. The first-order valence-corrected chi connectivity index (χ1v) is 9.90. The summed E-state index contributed by atoms with van der Waals surface area (Å²) in [5, 5.41) is 11.5. The molecule has 0 aliphatic carbocycles. The van der Waals surface area contributed by atoms with Gasteiger partial charge in [-0.05, 0) is 25.8 Å². The van der Waals surface area contributed by atoms with Gasteiger partial charge in [-0.1, -0.05) is 0 Å². The summed E-state index contributed by atoms with van der Waals surface area (Å²) in [6, 6.07) is 1.77. The molecule has 0 bridgehead atoms. The number of piperidine rings is 1. The fourth-order valence-corrected chi connectivity index (χ4v) is 3.90. The summed E-state index contributed by atoms with van der Waals surface area (Å²) in [6.45, 7) is 6.41. The predicted octanol–water partition coefficient (Wildman–Crippen LogP) is 1.12. The molecule has 0 radical (unpaired) electrons. The summed E-state index contributed by atoms with van der Waals surface area (Å²) < 4.78 is 7.09. The third kappa shape index (κ3) is 3.66. The summed E-state index contributed by atoms with van der Waals surface area (Å²) >= 11 is 0. The molecular formula is C19H26N6O3. The van der Waals surface area contributed by atoms with Crippen molar-refractivity contribution in [2.45, 2.75) is 32.2 Å². The van der Waals surface area contributed by atoms with Crippen molar-refractivity contribution in [2.75, 3.05) is 39.4 Å². The Labute approximate surface area is 163 Å². The van der Waals surface area contributed by atoms with E-state index in [9.17, 15) is 9.59 Å². The van der Waals surface area contributed by atoms with Gasteiger partial charge >= 0.3 is 0 Å². The second kappa shape index (κ2) is 8.14. The number of likely N-dealkylation sites (tertiary alicyclic amines) is 1. The van der Waals surface area contributed by atoms with Gasteiger partial charge in [0.1, 0.15) is 5.69 Å². The molecule has 0 aromatic carbocycles. The first-order valence-electron chi connectivity index (χ1n) is 9.90. The van der Waals surface area contributed by atoms with Gasteiger partial charge in [-0.25, -0.2) is 0 Å². The standard InChI is InChI=1S/C19H26N6O3/c1-2-25-8-5-16(22-25)19(27)23-6-3-14(4-7-23)17-15(13-20-21-17)18(26)24-9-11-28-12-10-24/h5,8,13-14H,2-4,6-7,9-12H2,1H3,(H,20,21). The average molecular weight is 386 g/mol. The molecule has 4 rings (SSSR count). The van der Waals surface area contributed by atoms with Crippen LogP contribution in [0.2, 0.25) is 0 Å². The van der Waals surface area contributed by atoms with Crippen LogP contribution >= 0.6 is 0 Å². The van der Waals surface area contributed by atoms with Crippen LogP contribution in [0.5, 0.6) is 0 Å². The highest BCUT2D eigenvalue weighted by Crippen LogP contribution is 2.30. The second-order valence-electron chi connectivity index (χ2n) is 7.23. The smallest absolute Gasteiger partial charge is 0.274 e. The lowest BCUT2D eigenvalue weighted by atomic mass is 9.91. The third-order valence-electron chi connectivity index (χ3n) is 5.57. The summed E-state index contributed by atoms with van der Waals surface area (Å²) in [7, 11) is 0. The Bertz CT molecular complexity index is 830. The number of carbonyl (C=O) groups excluding carboxylic acids is 2. The molecule has 0 spiro atoms. The third-order valence-corrected chi connectivity index (χ3v) is 5.57. The number of rotatable bonds is 4. The highest BCUT2D eigenvalue weighted by atomic mass is 16.5. The minimum Gasteiger partial charge on any atom is -0.378 e. The zero-order valence-corrected chi connectivity index (χ0v) is 16.1. The molecule has 2 saturated heterocycles. The molecule has 0 unspecified atom stereocenters. The van der Waals surface area contributed by atoms with Crippen molar-refractivity contribution in [2.24, 2.45) is 0 Å². The van der Waals surface area contributed by atoms with Gasteiger partial charge < -0.3 is 14.5 Å². The molecule has 2 aromatic rings. The summed E-state index contributed by atoms with van der Waals surface area (Å²) in [5.74, 6) is 0.176. The minimum absolute atomic E-state index is 0.00987. The Morgan fingerprint density at radius 1 is 1.14 bits per heavy atom. The van der Waals surface area contributed by atoms with Crippen LogP contribution in [0.3, 0.4) is 0 Å². The monoisotopic (exact) mass is 386 g/mol. The Morgan fingerprint density at radius 3 is 2.54 bits per heavy atom. The molecule has 9 heteroatoms. The number of hydrogen-bond donors (Lipinski definition) is 1. The molecule has 28 heavy (non-hydrogen) atoms. The van der Waals surface area contributed by atoms with Crippen LogP contribution in [-0.2, 0) is 11.3 Å². The first kappa shape index (κ1) is 18.7. The maximum atomic E-state index is 12.8. The van der Waals surface area contributed by atoms with Gasteiger partial charge in [0.2, 0.25) is 0 Å². The van der Waals surface area contributed by atoms with Crippen molar-refractivity contribution >= 4 is 11.8 Å². The van der Waals surface area contributed by atoms with E-state index in [1.54, 1.807) is 16.9 Å². The quantitative estimate of drug-likeness (QED) is 0.849. The SMILES string of the molecule is CCn1ccc(C(=O)N2CCC(c3[nH]ncc3C(=O)N3CCOCC3)CC2)n1. The highest BCUT2D eigenvalue weighted by Gasteiger charge is 2.30. The number of ether oxygens (including phenoxy) is 1. The number of hydrogen-bond acceptors (Lipinski definition) is 5. The van der Waals surface area contributed by atoms with Crippen LogP contribution in [0.15, 0.2) is 18.5 Å². The van der Waals surface area contributed by atoms with E-state index >= 15 is 0 Å². The molecule has 2 aromatic heterocycles. The minimum atomic E-state index is -0.0279. The molecule has 150 valence electrons. The maximum Gasteiger partial charge on any atom is 0.274 e. The molecule has 2 amide bonds. The van der Waals surface area contributed by atoms with Crippen molar-refractivity contribution in [1.82, 2.24) is 29.8 Å². The molecule has 2 aliphatic rings. The fraction of sp³-hybridized carbons (Fsp3) is 0.579. The molecule has 1 N–H and O–H groups in total. The normalized spacial score (nSPS) is 18.5. The molecule has 0 atom stereocenters. The van der Waals surface area contributed by atoms with Gasteiger partial charge in [0, 0.05) is 44.8 Å². The number of H-pyrrole nitrogens is 1. The predicted molar refractivity (Wildman–Crippen MR) is 101 cm³/mol. The molecule has 2 fully saturated rings. The van der Waals surface area contributed by atoms with E-state index in [0.717, 1.165) is 25.1 Å². The second-order valence-corrected chi connectivity index (χ2v) is 7.23. The zero-order chi connectivity index (χ0) is 19.5. The number of aromatic nitrogens is 4. The zero-order valence-electron chi connectivity index (χ0n) is 16.1. The van der Waals surface area contributed by atoms with Crippen LogP contribution in [0.4, 0.5) is 0 Å². The van der Waals surface area contributed by atoms with Gasteiger partial charge in [0.15, 0.2) is 0 Å². The molecule has 0 saturated carbocycles. The number of nitrogens with zero attached hydrogens (tertiary/aromatic N) is 5. The fourth-order valence-electron chi connectivity index (χ4n) is 3.90. The van der Waals surface area contributed by atoms with Crippen LogP contribution in [0.25, 0.3) is 0 Å². The summed E-state index contributed by atoms with van der Waals surface area (Å²) in [4.78, 5) is 29.2. The van der Waals surface area contributed by atoms with Crippen molar-refractivity contribution in [3.63, 3.8) is 0 Å². The summed E-state index contributed by atoms with van der Waals surface area (Å²) in [5.41, 5.74) is 2.03. The van der Waals surface area contributed by atoms with E-state index in [0.29, 0.717) is 50.7 Å². The van der Waals surface area contributed by atoms with Crippen molar-refractivity contribution in [1.29, 1.82) is 0 Å². The van der Waals surface area contributed by atoms with E-state index in [2.05, 4.69) is 15.3 Å². The number of aryl methyl sites for hydroxylation is 1. The van der Waals surface area contributed by atoms with Gasteiger partial charge in [-0.2, -0.15) is 10.2 Å². The highest BCUT2D eigenvalue weighted by molar-refractivity contribution is 5.95. The van der Waals surface area contributed by atoms with Crippen LogP contribution in [-0.4, -0.2) is 81.0 Å². The maximum absolute atomic E-state index is 12.8. The Hall–Kier alpha value is -2.68. The summed E-state index contributed by atoms with van der Waals surface area (Å²) in [6.07, 6.45) is 5.05. The van der Waals surface area contributed by atoms with E-state index < -0.39 is 0 Å². The van der Waals surface area contributed by atoms with Gasteiger partial charge in [0.05, 0.1) is 30.7 Å². The van der Waals surface area contributed by atoms with E-state index in [1.807, 2.05) is 22.9 Å². The van der Waals surface area contributed by atoms with Crippen molar-refractivity contribution < 1.29 is 14.3 Å². The van der Waals surface area contributed by atoms with Crippen molar-refractivity contribution in [3.8, 4) is 0 Å². The molecule has 9 nitrogen and oxygen atoms in total. The largest absolute Gasteiger partial charge is 0.378 e. The van der Waals surface area contributed by atoms with Crippen LogP contribution < -0.4 is 0 Å². The Morgan fingerprint density at radius 2 is 1.86 bits per heavy atom. The number of morpholine rings is 1. The Balaban J connectivity index is 1.39. The molecular weight excluding hydrogens is 360 g/mol. The topological polar surface area (TPSA) is 96.4 Å². The van der Waals surface area contributed by atoms with E-state index in [1.165, 1.54) is 0 Å². The first-order chi connectivity index (χ1) is 13.7. The lowest BCUT2D eigenvalue weighted by Gasteiger charge is -2.32. The Kier molecular flexibility index (Phi) is 5.43. The van der Waals surface area contributed by atoms with Crippen LogP contribution in [0.1, 0.15) is 52.2 Å². The van der Waals surface area contributed by atoms with Crippen molar-refractivity contribution in [3.05, 3.63) is 35.4 Å². The van der Waals surface area contributed by atoms with Gasteiger partial charge in [-0.15, -0.1) is 0 Å². The van der Waals surface area contributed by atoms with Gasteiger partial charge in [0.25, 0.3) is 11.8 Å². The number of carbonyl (C=O) groups is 2. The van der Waals surface area contributed by atoms with E-state index in [4.69, 9.17) is 4.74 Å². The number of aromatic amines is 1. The molecule has 4 heterocycles. The molecule has 2 aliphatic heterocycles. The lowest BCUT2D eigenvalue weighted by molar-refractivity contribution is 0.0301. The average Bonchev–Trinajstić information content (AvgIpc) is 3.43. The van der Waals surface area contributed by atoms with E-state index in [-0.39, 0.29) is 17.7 Å². The number of nitrogens with one attached hydrogen (secondary N) is 1. The number of amides is 2. The van der Waals surface area contributed by atoms with Gasteiger partial charge in [-0.3, -0.25) is 19.4 Å².